The predicted molar refractivity (Wildman–Crippen MR) is 180 cm³/mol. The first kappa shape index (κ1) is 25.2. The largest absolute Gasteiger partial charge is 0.458 e. The fourth-order valence-corrected chi connectivity index (χ4v) is 10.6. The van der Waals surface area contributed by atoms with Crippen molar-refractivity contribution in [2.24, 2.45) is 0 Å². The van der Waals surface area contributed by atoms with Crippen LogP contribution >= 0.6 is 0 Å². The van der Waals surface area contributed by atoms with E-state index in [2.05, 4.69) is 151 Å². The number of fused-ring (bicyclic) bond motifs is 3. The number of hydrogen-bond donors (Lipinski definition) is 0. The molecule has 5 aromatic carbocycles. The number of hydrogen-bond acceptors (Lipinski definition) is 2. The van der Waals surface area contributed by atoms with Crippen LogP contribution in [0.3, 0.4) is 0 Å². The lowest BCUT2D eigenvalue weighted by atomic mass is 9.47. The van der Waals surface area contributed by atoms with Gasteiger partial charge in [0.1, 0.15) is 19.6 Å². The highest BCUT2D eigenvalue weighted by Crippen LogP contribution is 2.48. The van der Waals surface area contributed by atoms with Crippen molar-refractivity contribution in [2.75, 3.05) is 4.81 Å². The zero-order valence-electron chi connectivity index (χ0n) is 24.0. The zero-order chi connectivity index (χ0) is 28.3. The van der Waals surface area contributed by atoms with E-state index in [1.165, 1.54) is 49.8 Å². The third kappa shape index (κ3) is 3.79. The zero-order valence-corrected chi connectivity index (χ0v) is 25.0. The molecule has 5 aromatic rings. The van der Waals surface area contributed by atoms with Crippen molar-refractivity contribution >= 4 is 42.3 Å². The standard InChI is InChI=1S/C38H32BNOSi/c1-42(2)35-25-13-19-29(27-15-5-3-6-16-27)37(35)40(38-30(20-14-26-36(38)42)28-17-7-4-8-18-28)39-31-21-9-11-23-33(31)41-34-24-12-10-22-32(34)39/h3-13,15-25H,14,26H2,1-2H3. The number of para-hydroxylation sites is 3. The maximum Gasteiger partial charge on any atom is 0.335 e. The third-order valence-electron chi connectivity index (χ3n) is 9.30. The van der Waals surface area contributed by atoms with Crippen molar-refractivity contribution in [3.05, 3.63) is 150 Å². The number of rotatable bonds is 3. The van der Waals surface area contributed by atoms with Crippen molar-refractivity contribution in [3.8, 4) is 22.6 Å². The summed E-state index contributed by atoms with van der Waals surface area (Å²) in [5.74, 6) is 1.87. The lowest BCUT2D eigenvalue weighted by Gasteiger charge is -2.49. The molecule has 0 aromatic heterocycles. The van der Waals surface area contributed by atoms with Gasteiger partial charge in [-0.25, -0.2) is 0 Å². The van der Waals surface area contributed by atoms with Crippen LogP contribution in [0, 0.1) is 0 Å². The minimum absolute atomic E-state index is 0.0323. The Balaban J connectivity index is 1.50. The van der Waals surface area contributed by atoms with Crippen LogP contribution in [-0.4, -0.2) is 14.9 Å². The lowest BCUT2D eigenvalue weighted by Crippen LogP contribution is -2.64. The Morgan fingerprint density at radius 3 is 1.90 bits per heavy atom. The van der Waals surface area contributed by atoms with Gasteiger partial charge in [-0.3, -0.25) is 0 Å². The second-order valence-electron chi connectivity index (χ2n) is 12.0. The van der Waals surface area contributed by atoms with E-state index in [4.69, 9.17) is 4.74 Å². The van der Waals surface area contributed by atoms with Gasteiger partial charge in [0.05, 0.1) is 0 Å². The highest BCUT2D eigenvalue weighted by atomic mass is 28.3. The average molecular weight is 558 g/mol. The van der Waals surface area contributed by atoms with Gasteiger partial charge >= 0.3 is 6.85 Å². The minimum atomic E-state index is -2.03. The summed E-state index contributed by atoms with van der Waals surface area (Å²) in [4.78, 5) is 2.71. The molecule has 0 amide bonds. The van der Waals surface area contributed by atoms with Gasteiger partial charge in [0.25, 0.3) is 0 Å². The van der Waals surface area contributed by atoms with Crippen LogP contribution in [0.1, 0.15) is 18.4 Å². The summed E-state index contributed by atoms with van der Waals surface area (Å²) in [5.41, 5.74) is 10.3. The predicted octanol–water partition coefficient (Wildman–Crippen LogP) is 7.67. The van der Waals surface area contributed by atoms with Crippen LogP contribution < -0.4 is 25.7 Å². The summed E-state index contributed by atoms with van der Waals surface area (Å²) < 4.78 is 6.54. The Bertz CT molecular complexity index is 1850. The van der Waals surface area contributed by atoms with Crippen molar-refractivity contribution in [2.45, 2.75) is 25.9 Å². The van der Waals surface area contributed by atoms with Crippen LogP contribution in [0.2, 0.25) is 13.1 Å². The second kappa shape index (κ2) is 9.78. The Kier molecular flexibility index (Phi) is 5.87. The molecule has 0 saturated carbocycles. The van der Waals surface area contributed by atoms with Gasteiger partial charge in [-0.2, -0.15) is 0 Å². The Hall–Kier alpha value is -4.54. The maximum absolute atomic E-state index is 6.54. The van der Waals surface area contributed by atoms with Gasteiger partial charge in [-0.05, 0) is 57.8 Å². The van der Waals surface area contributed by atoms with E-state index >= 15 is 0 Å². The van der Waals surface area contributed by atoms with Gasteiger partial charge in [-0.15, -0.1) is 0 Å². The molecule has 0 bridgehead atoms. The van der Waals surface area contributed by atoms with E-state index in [0.717, 1.165) is 24.3 Å². The molecule has 0 radical (unpaired) electrons. The Labute approximate surface area is 249 Å². The van der Waals surface area contributed by atoms with E-state index in [1.54, 1.807) is 5.20 Å². The summed E-state index contributed by atoms with van der Waals surface area (Å²) in [6.45, 7) is 5.09. The number of allylic oxidation sites excluding steroid dienone is 3. The molecule has 3 aliphatic rings. The molecule has 0 saturated heterocycles. The molecule has 202 valence electrons. The van der Waals surface area contributed by atoms with Crippen molar-refractivity contribution in [1.29, 1.82) is 0 Å². The molecule has 0 fully saturated rings. The molecule has 42 heavy (non-hydrogen) atoms. The van der Waals surface area contributed by atoms with Crippen LogP contribution in [0.5, 0.6) is 11.5 Å². The summed E-state index contributed by atoms with van der Waals surface area (Å²) in [6, 6.07) is 46.2. The first-order chi connectivity index (χ1) is 20.6. The number of benzene rings is 5. The smallest absolute Gasteiger partial charge is 0.335 e. The van der Waals surface area contributed by atoms with E-state index in [-0.39, 0.29) is 6.85 Å². The Morgan fingerprint density at radius 2 is 1.24 bits per heavy atom. The van der Waals surface area contributed by atoms with Gasteiger partial charge in [0.15, 0.2) is 0 Å². The summed E-state index contributed by atoms with van der Waals surface area (Å²) in [7, 11) is -2.03. The molecule has 2 aliphatic heterocycles. The number of ether oxygens (including phenoxy) is 1. The molecule has 4 heteroatoms. The molecule has 0 unspecified atom stereocenters. The monoisotopic (exact) mass is 557 g/mol. The second-order valence-corrected chi connectivity index (χ2v) is 16.4. The third-order valence-corrected chi connectivity index (χ3v) is 13.1. The number of nitrogens with zero attached hydrogens (tertiary/aromatic N) is 1. The van der Waals surface area contributed by atoms with Gasteiger partial charge in [-0.1, -0.05) is 140 Å². The summed E-state index contributed by atoms with van der Waals surface area (Å²) >= 11 is 0. The molecule has 2 heterocycles. The highest BCUT2D eigenvalue weighted by molar-refractivity contribution is 6.99. The van der Waals surface area contributed by atoms with Gasteiger partial charge < -0.3 is 9.55 Å². The van der Waals surface area contributed by atoms with Crippen molar-refractivity contribution in [3.63, 3.8) is 0 Å². The van der Waals surface area contributed by atoms with Crippen LogP contribution in [0.15, 0.2) is 144 Å². The molecular weight excluding hydrogens is 525 g/mol. The summed E-state index contributed by atoms with van der Waals surface area (Å²) in [6.07, 6.45) is 4.66. The SMILES string of the molecule is C[Si]1(C)C2=C(C(c3ccccc3)=CCC2)N(B2c3ccccc3Oc3ccccc32)c2c(-c3ccccc3)cccc21. The molecule has 1 aliphatic carbocycles. The quantitative estimate of drug-likeness (QED) is 0.211. The molecule has 8 rings (SSSR count). The van der Waals surface area contributed by atoms with Crippen LogP contribution in [-0.2, 0) is 0 Å². The average Bonchev–Trinajstić information content (AvgIpc) is 3.05. The fraction of sp³-hybridized carbons (Fsp3) is 0.105. The molecule has 2 nitrogen and oxygen atoms in total. The molecule has 0 atom stereocenters. The van der Waals surface area contributed by atoms with E-state index < -0.39 is 8.07 Å². The first-order valence-corrected chi connectivity index (χ1v) is 18.0. The molecular formula is C38H32BNOSi. The highest BCUT2D eigenvalue weighted by Gasteiger charge is 2.48. The normalized spacial score (nSPS) is 16.5. The fourth-order valence-electron chi connectivity index (χ4n) is 7.35. The Morgan fingerprint density at radius 1 is 0.643 bits per heavy atom. The minimum Gasteiger partial charge on any atom is -0.458 e. The van der Waals surface area contributed by atoms with Crippen LogP contribution in [0.25, 0.3) is 16.7 Å². The topological polar surface area (TPSA) is 12.5 Å². The lowest BCUT2D eigenvalue weighted by molar-refractivity contribution is 0.487. The van der Waals surface area contributed by atoms with E-state index in [0.29, 0.717) is 0 Å². The maximum atomic E-state index is 6.54. The molecule has 0 N–H and O–H groups in total. The number of anilines is 1. The van der Waals surface area contributed by atoms with Crippen molar-refractivity contribution < 1.29 is 4.74 Å². The van der Waals surface area contributed by atoms with Crippen molar-refractivity contribution in [1.82, 2.24) is 0 Å². The van der Waals surface area contributed by atoms with Gasteiger partial charge in [0, 0.05) is 16.9 Å². The van der Waals surface area contributed by atoms with Gasteiger partial charge in [0.2, 0.25) is 0 Å². The van der Waals surface area contributed by atoms with Crippen LogP contribution in [0.4, 0.5) is 5.69 Å². The van der Waals surface area contributed by atoms with E-state index in [1.807, 2.05) is 0 Å². The first-order valence-electron chi connectivity index (χ1n) is 15.0. The molecule has 0 spiro atoms. The summed E-state index contributed by atoms with van der Waals surface area (Å²) in [5, 5.41) is 3.15. The van der Waals surface area contributed by atoms with E-state index in [9.17, 15) is 0 Å².